The molecule has 2 nitrogen and oxygen atoms in total. The number of phenolic OH excluding ortho intramolecular Hbond substituents is 1. The Labute approximate surface area is 188 Å². The van der Waals surface area contributed by atoms with Gasteiger partial charge in [-0.3, -0.25) is 0 Å². The summed E-state index contributed by atoms with van der Waals surface area (Å²) in [7, 11) is -2.06. The molecule has 1 aliphatic heterocycles. The molecule has 0 fully saturated rings. The summed E-state index contributed by atoms with van der Waals surface area (Å²) in [6.45, 7) is 9.07. The second-order valence-corrected chi connectivity index (χ2v) is 16.7. The fraction of sp³-hybridized carbons (Fsp3) is 0.190. The molecule has 1 aliphatic rings. The van der Waals surface area contributed by atoms with Gasteiger partial charge in [0.15, 0.2) is 0 Å². The average Bonchev–Trinajstić information content (AvgIpc) is 2.95. The van der Waals surface area contributed by atoms with Crippen LogP contribution in [0.1, 0.15) is 13.3 Å². The van der Waals surface area contributed by atoms with Crippen LogP contribution in [-0.2, 0) is 0 Å². The Morgan fingerprint density at radius 2 is 2.04 bits per heavy atom. The molecule has 138 valence electrons. The number of hydrogen-bond acceptors (Lipinski definition) is 2. The third kappa shape index (κ3) is 3.23. The Bertz CT molecular complexity index is 1160. The van der Waals surface area contributed by atoms with Gasteiger partial charge in [-0.05, 0) is 0 Å². The number of hydrogen-bond donors (Lipinski definition) is 1. The van der Waals surface area contributed by atoms with Crippen molar-refractivity contribution in [2.75, 3.05) is 0 Å². The molecule has 2 heterocycles. The van der Waals surface area contributed by atoms with Crippen molar-refractivity contribution in [1.82, 2.24) is 0 Å². The van der Waals surface area contributed by atoms with E-state index in [1.807, 2.05) is 12.1 Å². The number of benzene rings is 2. The standard InChI is InChI=1S/C21H19BrINOSeSi/c1-4-9-27(3)18-10-13(25)6-8-15(18)24-16-7-5-12(2)19(20(16)27)17-11-14(23)21(22)26-17/h5-8,10-11,25H,2,4,9H2,1,3H3. The zero-order valence-electron chi connectivity index (χ0n) is 15.1. The third-order valence-corrected chi connectivity index (χ3v) is 15.6. The summed E-state index contributed by atoms with van der Waals surface area (Å²) in [5.41, 5.74) is 2.32. The third-order valence-electron chi connectivity index (χ3n) is 5.28. The number of phenols is 1. The molecule has 0 saturated heterocycles. The number of rotatable bonds is 3. The van der Waals surface area contributed by atoms with Crippen molar-refractivity contribution >= 4 is 83.7 Å². The topological polar surface area (TPSA) is 32.6 Å². The van der Waals surface area contributed by atoms with E-state index in [4.69, 9.17) is 4.99 Å². The molecular formula is C21H19BrINOSeSi. The van der Waals surface area contributed by atoms with E-state index in [-0.39, 0.29) is 14.5 Å². The number of nitrogens with zero attached hydrogens (tertiary/aromatic N) is 1. The summed E-state index contributed by atoms with van der Waals surface area (Å²) >= 11 is 6.41. The summed E-state index contributed by atoms with van der Waals surface area (Å²) in [5.74, 6) is 0.331. The van der Waals surface area contributed by atoms with E-state index in [2.05, 4.69) is 76.8 Å². The molecule has 3 aromatic rings. The van der Waals surface area contributed by atoms with Crippen LogP contribution in [0.3, 0.4) is 0 Å². The fourth-order valence-electron chi connectivity index (χ4n) is 4.13. The van der Waals surface area contributed by atoms with Gasteiger partial charge in [0.25, 0.3) is 0 Å². The number of fused-ring (bicyclic) bond motifs is 2. The van der Waals surface area contributed by atoms with E-state index >= 15 is 0 Å². The zero-order valence-corrected chi connectivity index (χ0v) is 21.6. The van der Waals surface area contributed by atoms with Gasteiger partial charge in [0.2, 0.25) is 0 Å². The molecule has 0 spiro atoms. The molecule has 1 N–H and O–H groups in total. The summed E-state index contributed by atoms with van der Waals surface area (Å²) in [6, 6.07) is 13.3. The van der Waals surface area contributed by atoms with Crippen molar-refractivity contribution in [2.24, 2.45) is 4.99 Å². The van der Waals surface area contributed by atoms with Crippen molar-refractivity contribution < 1.29 is 5.11 Å². The minimum atomic E-state index is -2.06. The first-order chi connectivity index (χ1) is 12.8. The summed E-state index contributed by atoms with van der Waals surface area (Å²) in [6.07, 6.45) is 1.11. The summed E-state index contributed by atoms with van der Waals surface area (Å²) in [5, 5.41) is 15.0. The molecule has 1 aromatic heterocycles. The van der Waals surface area contributed by atoms with E-state index in [1.165, 1.54) is 27.3 Å². The van der Waals surface area contributed by atoms with Crippen LogP contribution in [0.15, 0.2) is 44.7 Å². The van der Waals surface area contributed by atoms with Crippen LogP contribution in [0.25, 0.3) is 16.6 Å². The summed E-state index contributed by atoms with van der Waals surface area (Å²) in [4.78, 5) is 4.99. The molecule has 2 aromatic carbocycles. The molecule has 0 bridgehead atoms. The molecule has 0 amide bonds. The second-order valence-electron chi connectivity index (χ2n) is 7.12. The SMILES string of the molecule is C=c1ccc2c(c1-c1cc(I)c(Br)[se]1)[Si](C)(CCC)c1cc(O)ccc1N=2. The van der Waals surface area contributed by atoms with Gasteiger partial charge in [-0.1, -0.05) is 0 Å². The van der Waals surface area contributed by atoms with E-state index in [1.54, 1.807) is 6.07 Å². The average molecular weight is 615 g/mol. The van der Waals surface area contributed by atoms with E-state index in [0.717, 1.165) is 28.7 Å². The van der Waals surface area contributed by atoms with Gasteiger partial charge >= 0.3 is 189 Å². The van der Waals surface area contributed by atoms with Crippen LogP contribution in [0, 0.1) is 3.57 Å². The molecule has 6 heteroatoms. The Balaban J connectivity index is 2.14. The van der Waals surface area contributed by atoms with Gasteiger partial charge < -0.3 is 0 Å². The van der Waals surface area contributed by atoms with Gasteiger partial charge in [0.05, 0.1) is 0 Å². The molecule has 0 radical (unpaired) electrons. The number of aromatic hydroxyl groups is 1. The maximum absolute atomic E-state index is 10.2. The Morgan fingerprint density at radius 3 is 2.70 bits per heavy atom. The van der Waals surface area contributed by atoms with Crippen molar-refractivity contribution in [3.05, 3.63) is 53.9 Å². The van der Waals surface area contributed by atoms with E-state index < -0.39 is 8.07 Å². The van der Waals surface area contributed by atoms with E-state index in [0.29, 0.717) is 5.75 Å². The first-order valence-electron chi connectivity index (χ1n) is 8.85. The predicted octanol–water partition coefficient (Wildman–Crippen LogP) is 3.76. The Hall–Kier alpha value is -0.664. The quantitative estimate of drug-likeness (QED) is 0.354. The predicted molar refractivity (Wildman–Crippen MR) is 129 cm³/mol. The van der Waals surface area contributed by atoms with Crippen LogP contribution in [0.4, 0.5) is 5.69 Å². The van der Waals surface area contributed by atoms with Gasteiger partial charge in [-0.25, -0.2) is 0 Å². The van der Waals surface area contributed by atoms with Crippen LogP contribution < -0.4 is 20.9 Å². The maximum atomic E-state index is 10.2. The first-order valence-corrected chi connectivity index (χ1v) is 15.1. The van der Waals surface area contributed by atoms with E-state index in [9.17, 15) is 5.11 Å². The second kappa shape index (κ2) is 7.30. The van der Waals surface area contributed by atoms with Crippen LogP contribution in [-0.4, -0.2) is 27.7 Å². The van der Waals surface area contributed by atoms with Crippen molar-refractivity contribution in [1.29, 1.82) is 0 Å². The van der Waals surface area contributed by atoms with Gasteiger partial charge in [-0.2, -0.15) is 0 Å². The van der Waals surface area contributed by atoms with Crippen molar-refractivity contribution in [3.63, 3.8) is 0 Å². The molecule has 0 saturated carbocycles. The van der Waals surface area contributed by atoms with Gasteiger partial charge in [0, 0.05) is 0 Å². The minimum absolute atomic E-state index is 0.263. The molecule has 1 atom stereocenters. The van der Waals surface area contributed by atoms with Crippen molar-refractivity contribution in [3.8, 4) is 15.8 Å². The molecule has 27 heavy (non-hydrogen) atoms. The Kier molecular flexibility index (Phi) is 5.31. The summed E-state index contributed by atoms with van der Waals surface area (Å²) < 4.78 is 3.96. The van der Waals surface area contributed by atoms with Gasteiger partial charge in [-0.15, -0.1) is 0 Å². The van der Waals surface area contributed by atoms with Crippen LogP contribution in [0.2, 0.25) is 12.6 Å². The van der Waals surface area contributed by atoms with Crippen LogP contribution >= 0.6 is 38.5 Å². The fourth-order valence-corrected chi connectivity index (χ4v) is 13.0. The zero-order chi connectivity index (χ0) is 19.3. The van der Waals surface area contributed by atoms with Gasteiger partial charge in [0.1, 0.15) is 0 Å². The number of halogens is 2. The molecular weight excluding hydrogens is 596 g/mol. The molecule has 0 aliphatic carbocycles. The Morgan fingerprint density at radius 1 is 1.26 bits per heavy atom. The molecule has 1 unspecified atom stereocenters. The van der Waals surface area contributed by atoms with Crippen molar-refractivity contribution in [2.45, 2.75) is 25.9 Å². The molecule has 4 rings (SSSR count). The normalized spacial score (nSPS) is 17.9. The monoisotopic (exact) mass is 615 g/mol. The van der Waals surface area contributed by atoms with Crippen LogP contribution in [0.5, 0.6) is 5.75 Å². The first kappa shape index (κ1) is 19.6.